The summed E-state index contributed by atoms with van der Waals surface area (Å²) in [5, 5.41) is 10.4. The monoisotopic (exact) mass is 272 g/mol. The first-order valence-electron chi connectivity index (χ1n) is 5.91. The fourth-order valence-corrected chi connectivity index (χ4v) is 2.26. The summed E-state index contributed by atoms with van der Waals surface area (Å²) < 4.78 is 4.91. The normalized spacial score (nSPS) is 14.8. The van der Waals surface area contributed by atoms with Crippen LogP contribution in [-0.2, 0) is 4.74 Å². The quantitative estimate of drug-likeness (QED) is 0.785. The molecule has 0 aromatic heterocycles. The van der Waals surface area contributed by atoms with Gasteiger partial charge in [-0.05, 0) is 18.7 Å². The Balaban J connectivity index is 2.74. The van der Waals surface area contributed by atoms with E-state index in [9.17, 15) is 5.11 Å². The summed E-state index contributed by atoms with van der Waals surface area (Å²) in [7, 11) is 3.48. The van der Waals surface area contributed by atoms with E-state index in [4.69, 9.17) is 22.1 Å². The summed E-state index contributed by atoms with van der Waals surface area (Å²) in [4.78, 5) is 1.99. The fraction of sp³-hybridized carbons (Fsp3) is 0.538. The molecule has 0 bridgehead atoms. The van der Waals surface area contributed by atoms with Crippen LogP contribution in [0.25, 0.3) is 0 Å². The van der Waals surface area contributed by atoms with Gasteiger partial charge in [-0.15, -0.1) is 0 Å². The second-order valence-corrected chi connectivity index (χ2v) is 4.73. The smallest absolute Gasteiger partial charge is 0.0900 e. The zero-order chi connectivity index (χ0) is 13.5. The molecule has 0 heterocycles. The van der Waals surface area contributed by atoms with E-state index in [1.54, 1.807) is 7.11 Å². The van der Waals surface area contributed by atoms with Crippen molar-refractivity contribution in [3.8, 4) is 0 Å². The number of nitrogens with zero attached hydrogens (tertiary/aromatic N) is 1. The van der Waals surface area contributed by atoms with Crippen LogP contribution in [0.4, 0.5) is 0 Å². The zero-order valence-corrected chi connectivity index (χ0v) is 11.6. The van der Waals surface area contributed by atoms with Gasteiger partial charge < -0.3 is 15.6 Å². The Hall–Kier alpha value is -0.650. The number of rotatable bonds is 7. The van der Waals surface area contributed by atoms with E-state index in [0.29, 0.717) is 24.7 Å². The van der Waals surface area contributed by atoms with Gasteiger partial charge in [0.05, 0.1) is 12.7 Å². The standard InChI is InChI=1S/C13H21ClN2O2/c1-16(8-10(17)9-18-2)13(7-15)11-5-3-4-6-12(11)14/h3-6,10,13,17H,7-9,15H2,1-2H3. The molecule has 5 heteroatoms. The highest BCUT2D eigenvalue weighted by Gasteiger charge is 2.20. The number of hydrogen-bond acceptors (Lipinski definition) is 4. The number of likely N-dealkylation sites (N-methyl/N-ethyl adjacent to an activating group) is 1. The van der Waals surface area contributed by atoms with E-state index in [-0.39, 0.29) is 6.04 Å². The molecule has 0 amide bonds. The Kier molecular flexibility index (Phi) is 6.60. The predicted molar refractivity (Wildman–Crippen MR) is 73.8 cm³/mol. The summed E-state index contributed by atoms with van der Waals surface area (Å²) >= 11 is 6.17. The Bertz CT molecular complexity index is 363. The van der Waals surface area contributed by atoms with Crippen molar-refractivity contribution in [2.45, 2.75) is 12.1 Å². The van der Waals surface area contributed by atoms with Gasteiger partial charge in [0, 0.05) is 31.3 Å². The highest BCUT2D eigenvalue weighted by atomic mass is 35.5. The van der Waals surface area contributed by atoms with Crippen LogP contribution in [0.3, 0.4) is 0 Å². The number of ether oxygens (including phenoxy) is 1. The summed E-state index contributed by atoms with van der Waals surface area (Å²) in [6.07, 6.45) is -0.531. The maximum absolute atomic E-state index is 9.74. The molecule has 1 aromatic carbocycles. The summed E-state index contributed by atoms with van der Waals surface area (Å²) in [5.74, 6) is 0. The van der Waals surface area contributed by atoms with Crippen molar-refractivity contribution in [1.82, 2.24) is 4.90 Å². The van der Waals surface area contributed by atoms with Crippen molar-refractivity contribution in [3.05, 3.63) is 34.9 Å². The summed E-state index contributed by atoms with van der Waals surface area (Å²) in [6.45, 7) is 1.24. The fourth-order valence-electron chi connectivity index (χ4n) is 1.99. The van der Waals surface area contributed by atoms with Crippen molar-refractivity contribution in [1.29, 1.82) is 0 Å². The van der Waals surface area contributed by atoms with Crippen LogP contribution in [0.1, 0.15) is 11.6 Å². The third-order valence-corrected chi connectivity index (χ3v) is 3.22. The molecule has 3 N–H and O–H groups in total. The van der Waals surface area contributed by atoms with Gasteiger partial charge in [-0.3, -0.25) is 4.90 Å². The zero-order valence-electron chi connectivity index (χ0n) is 10.8. The van der Waals surface area contributed by atoms with Crippen molar-refractivity contribution < 1.29 is 9.84 Å². The molecule has 0 aliphatic rings. The van der Waals surface area contributed by atoms with Crippen LogP contribution in [0.15, 0.2) is 24.3 Å². The number of benzene rings is 1. The van der Waals surface area contributed by atoms with E-state index in [0.717, 1.165) is 5.56 Å². The second kappa shape index (κ2) is 7.71. The van der Waals surface area contributed by atoms with Crippen LogP contribution in [-0.4, -0.2) is 50.0 Å². The lowest BCUT2D eigenvalue weighted by molar-refractivity contribution is 0.0348. The summed E-state index contributed by atoms with van der Waals surface area (Å²) in [6, 6.07) is 7.62. The molecule has 1 aromatic rings. The Morgan fingerprint density at radius 2 is 2.11 bits per heavy atom. The van der Waals surface area contributed by atoms with Crippen molar-refractivity contribution in [2.24, 2.45) is 5.73 Å². The van der Waals surface area contributed by atoms with Crippen molar-refractivity contribution >= 4 is 11.6 Å². The molecule has 0 fully saturated rings. The molecule has 102 valence electrons. The molecular formula is C13H21ClN2O2. The first-order valence-corrected chi connectivity index (χ1v) is 6.29. The Morgan fingerprint density at radius 3 is 2.67 bits per heavy atom. The average Bonchev–Trinajstić information content (AvgIpc) is 2.32. The molecule has 0 saturated carbocycles. The lowest BCUT2D eigenvalue weighted by Crippen LogP contribution is -2.37. The predicted octanol–water partition coefficient (Wildman–Crippen LogP) is 1.28. The number of aliphatic hydroxyl groups is 1. The van der Waals surface area contributed by atoms with Gasteiger partial charge in [-0.1, -0.05) is 29.8 Å². The number of methoxy groups -OCH3 is 1. The van der Waals surface area contributed by atoms with Crippen molar-refractivity contribution in [2.75, 3.05) is 33.9 Å². The molecule has 0 spiro atoms. The summed E-state index contributed by atoms with van der Waals surface area (Å²) in [5.41, 5.74) is 6.79. The van der Waals surface area contributed by atoms with Crippen LogP contribution in [0.5, 0.6) is 0 Å². The molecule has 2 atom stereocenters. The minimum absolute atomic E-state index is 0.00907. The van der Waals surface area contributed by atoms with Gasteiger partial charge >= 0.3 is 0 Å². The molecule has 0 aliphatic carbocycles. The average molecular weight is 273 g/mol. The van der Waals surface area contributed by atoms with E-state index in [1.165, 1.54) is 0 Å². The number of halogens is 1. The molecule has 18 heavy (non-hydrogen) atoms. The van der Waals surface area contributed by atoms with Crippen LogP contribution < -0.4 is 5.73 Å². The van der Waals surface area contributed by atoms with E-state index in [2.05, 4.69) is 0 Å². The topological polar surface area (TPSA) is 58.7 Å². The van der Waals surface area contributed by atoms with Gasteiger partial charge in [0.1, 0.15) is 0 Å². The van der Waals surface area contributed by atoms with Gasteiger partial charge in [0.25, 0.3) is 0 Å². The van der Waals surface area contributed by atoms with Gasteiger partial charge in [-0.2, -0.15) is 0 Å². The molecule has 0 saturated heterocycles. The van der Waals surface area contributed by atoms with Gasteiger partial charge in [0.15, 0.2) is 0 Å². The maximum atomic E-state index is 9.74. The van der Waals surface area contributed by atoms with E-state index < -0.39 is 6.10 Å². The Morgan fingerprint density at radius 1 is 1.44 bits per heavy atom. The van der Waals surface area contributed by atoms with Crippen LogP contribution in [0.2, 0.25) is 5.02 Å². The molecule has 4 nitrogen and oxygen atoms in total. The molecule has 0 radical (unpaired) electrons. The first kappa shape index (κ1) is 15.4. The first-order chi connectivity index (χ1) is 8.60. The lowest BCUT2D eigenvalue weighted by Gasteiger charge is -2.29. The number of hydrogen-bond donors (Lipinski definition) is 2. The van der Waals surface area contributed by atoms with E-state index >= 15 is 0 Å². The third kappa shape index (κ3) is 4.23. The molecule has 1 rings (SSSR count). The molecule has 0 aliphatic heterocycles. The van der Waals surface area contributed by atoms with Crippen LogP contribution >= 0.6 is 11.6 Å². The lowest BCUT2D eigenvalue weighted by atomic mass is 10.1. The second-order valence-electron chi connectivity index (χ2n) is 4.32. The highest BCUT2D eigenvalue weighted by molar-refractivity contribution is 6.31. The number of aliphatic hydroxyl groups excluding tert-OH is 1. The minimum Gasteiger partial charge on any atom is -0.389 e. The molecule has 2 unspecified atom stereocenters. The maximum Gasteiger partial charge on any atom is 0.0900 e. The Labute approximate surface area is 113 Å². The largest absolute Gasteiger partial charge is 0.389 e. The highest BCUT2D eigenvalue weighted by Crippen LogP contribution is 2.25. The van der Waals surface area contributed by atoms with E-state index in [1.807, 2.05) is 36.2 Å². The van der Waals surface area contributed by atoms with Crippen LogP contribution in [0, 0.1) is 0 Å². The minimum atomic E-state index is -0.531. The third-order valence-electron chi connectivity index (χ3n) is 2.88. The van der Waals surface area contributed by atoms with Gasteiger partial charge in [-0.25, -0.2) is 0 Å². The van der Waals surface area contributed by atoms with Crippen molar-refractivity contribution in [3.63, 3.8) is 0 Å². The number of nitrogens with two attached hydrogens (primary N) is 1. The van der Waals surface area contributed by atoms with Gasteiger partial charge in [0.2, 0.25) is 0 Å². The molecular weight excluding hydrogens is 252 g/mol. The SMILES string of the molecule is COCC(O)CN(C)C(CN)c1ccccc1Cl.